The SMILES string of the molecule is O=C(NC1(C(=O)N[C@H]2c3ccccc3C[C@H]2O)CCCC1)c1ccc2[nH]ncc2c1. The Kier molecular flexibility index (Phi) is 4.55. The first kappa shape index (κ1) is 18.8. The monoisotopic (exact) mass is 404 g/mol. The van der Waals surface area contributed by atoms with Gasteiger partial charge in [0.1, 0.15) is 5.54 Å². The quantitative estimate of drug-likeness (QED) is 0.536. The topological polar surface area (TPSA) is 107 Å². The first-order chi connectivity index (χ1) is 14.6. The standard InChI is InChI=1S/C23H24N4O3/c28-19-12-14-5-1-2-6-17(14)20(19)25-22(30)23(9-3-4-10-23)26-21(29)15-7-8-18-16(11-15)13-24-27-18/h1-2,5-8,11,13,19-20,28H,3-4,9-10,12H2,(H,24,27)(H,25,30)(H,26,29)/t19-,20+/m1/s1. The molecular weight excluding hydrogens is 380 g/mol. The second-order valence-corrected chi connectivity index (χ2v) is 8.34. The number of fused-ring (bicyclic) bond motifs is 2. The minimum atomic E-state index is -0.959. The zero-order valence-corrected chi connectivity index (χ0v) is 16.5. The second-order valence-electron chi connectivity index (χ2n) is 8.34. The Labute approximate surface area is 173 Å². The van der Waals surface area contributed by atoms with Crippen LogP contribution in [-0.4, -0.2) is 38.8 Å². The van der Waals surface area contributed by atoms with Crippen LogP contribution in [0.4, 0.5) is 0 Å². The minimum Gasteiger partial charge on any atom is -0.390 e. The molecule has 0 unspecified atom stereocenters. The number of rotatable bonds is 4. The maximum atomic E-state index is 13.4. The maximum absolute atomic E-state index is 13.4. The Morgan fingerprint density at radius 3 is 2.77 bits per heavy atom. The van der Waals surface area contributed by atoms with E-state index in [1.165, 1.54) is 0 Å². The summed E-state index contributed by atoms with van der Waals surface area (Å²) in [4.78, 5) is 26.4. The maximum Gasteiger partial charge on any atom is 0.252 e. The molecule has 3 aromatic rings. The highest BCUT2D eigenvalue weighted by Gasteiger charge is 2.45. The molecular formula is C23H24N4O3. The highest BCUT2D eigenvalue weighted by atomic mass is 16.3. The van der Waals surface area contributed by atoms with Crippen molar-refractivity contribution in [1.29, 1.82) is 0 Å². The number of aromatic amines is 1. The van der Waals surface area contributed by atoms with Crippen LogP contribution in [0.3, 0.4) is 0 Å². The normalized spacial score (nSPS) is 22.0. The molecule has 0 aliphatic heterocycles. The van der Waals surface area contributed by atoms with Crippen molar-refractivity contribution < 1.29 is 14.7 Å². The number of hydrogen-bond donors (Lipinski definition) is 4. The number of nitrogens with one attached hydrogen (secondary N) is 3. The van der Waals surface area contributed by atoms with Crippen molar-refractivity contribution in [2.24, 2.45) is 0 Å². The lowest BCUT2D eigenvalue weighted by atomic mass is 9.94. The molecule has 2 aliphatic carbocycles. The van der Waals surface area contributed by atoms with E-state index < -0.39 is 17.7 Å². The molecule has 4 N–H and O–H groups in total. The number of aromatic nitrogens is 2. The van der Waals surface area contributed by atoms with Crippen LogP contribution in [0.1, 0.15) is 53.2 Å². The van der Waals surface area contributed by atoms with E-state index in [9.17, 15) is 14.7 Å². The molecule has 2 aromatic carbocycles. The lowest BCUT2D eigenvalue weighted by Gasteiger charge is -2.31. The van der Waals surface area contributed by atoms with Crippen molar-refractivity contribution in [2.45, 2.75) is 49.8 Å². The molecule has 0 radical (unpaired) electrons. The van der Waals surface area contributed by atoms with Crippen LogP contribution < -0.4 is 10.6 Å². The zero-order chi connectivity index (χ0) is 20.7. The van der Waals surface area contributed by atoms with E-state index >= 15 is 0 Å². The summed E-state index contributed by atoms with van der Waals surface area (Å²) >= 11 is 0. The predicted octanol–water partition coefficient (Wildman–Crippen LogP) is 2.38. The van der Waals surface area contributed by atoms with E-state index in [4.69, 9.17) is 0 Å². The molecule has 5 rings (SSSR count). The molecule has 0 saturated heterocycles. The Hall–Kier alpha value is -3.19. The van der Waals surface area contributed by atoms with Gasteiger partial charge in [0.25, 0.3) is 5.91 Å². The summed E-state index contributed by atoms with van der Waals surface area (Å²) in [5.41, 5.74) is 2.39. The fourth-order valence-electron chi connectivity index (χ4n) is 4.79. The molecule has 1 fully saturated rings. The van der Waals surface area contributed by atoms with Crippen molar-refractivity contribution >= 4 is 22.7 Å². The highest BCUT2D eigenvalue weighted by molar-refractivity contribution is 6.01. The summed E-state index contributed by atoms with van der Waals surface area (Å²) in [5.74, 6) is -0.499. The second kappa shape index (κ2) is 7.25. The summed E-state index contributed by atoms with van der Waals surface area (Å²) in [6.45, 7) is 0. The smallest absolute Gasteiger partial charge is 0.252 e. The first-order valence-corrected chi connectivity index (χ1v) is 10.4. The van der Waals surface area contributed by atoms with Gasteiger partial charge in [-0.3, -0.25) is 14.7 Å². The lowest BCUT2D eigenvalue weighted by molar-refractivity contribution is -0.128. The van der Waals surface area contributed by atoms with Crippen molar-refractivity contribution in [3.8, 4) is 0 Å². The first-order valence-electron chi connectivity index (χ1n) is 10.4. The molecule has 154 valence electrons. The van der Waals surface area contributed by atoms with Crippen LogP contribution in [0.2, 0.25) is 0 Å². The molecule has 0 spiro atoms. The molecule has 2 aliphatic rings. The number of benzene rings is 2. The number of carbonyl (C=O) groups is 2. The average Bonchev–Trinajstić information content (AvgIpc) is 3.47. The third-order valence-electron chi connectivity index (χ3n) is 6.44. The van der Waals surface area contributed by atoms with E-state index in [0.717, 1.165) is 34.9 Å². The number of nitrogens with zero attached hydrogens (tertiary/aromatic N) is 1. The fraction of sp³-hybridized carbons (Fsp3) is 0.348. The minimum absolute atomic E-state index is 0.224. The number of aliphatic hydroxyl groups is 1. The Morgan fingerprint density at radius 2 is 1.93 bits per heavy atom. The van der Waals surface area contributed by atoms with Gasteiger partial charge in [-0.15, -0.1) is 0 Å². The number of amides is 2. The summed E-state index contributed by atoms with van der Waals surface area (Å²) in [6.07, 6.45) is 4.44. The van der Waals surface area contributed by atoms with Gasteiger partial charge in [0.15, 0.2) is 0 Å². The number of aliphatic hydroxyl groups excluding tert-OH is 1. The van der Waals surface area contributed by atoms with Crippen molar-refractivity contribution in [3.63, 3.8) is 0 Å². The van der Waals surface area contributed by atoms with Gasteiger partial charge >= 0.3 is 0 Å². The van der Waals surface area contributed by atoms with Gasteiger partial charge in [0, 0.05) is 17.4 Å². The molecule has 1 aromatic heterocycles. The van der Waals surface area contributed by atoms with Crippen molar-refractivity contribution in [3.05, 3.63) is 65.4 Å². The van der Waals surface area contributed by atoms with Gasteiger partial charge < -0.3 is 15.7 Å². The van der Waals surface area contributed by atoms with Crippen LogP contribution in [0, 0.1) is 0 Å². The van der Waals surface area contributed by atoms with E-state index in [0.29, 0.717) is 24.8 Å². The summed E-state index contributed by atoms with van der Waals surface area (Å²) in [5, 5.41) is 24.3. The van der Waals surface area contributed by atoms with Gasteiger partial charge in [-0.05, 0) is 42.2 Å². The van der Waals surface area contributed by atoms with Crippen LogP contribution in [-0.2, 0) is 11.2 Å². The number of hydrogen-bond acceptors (Lipinski definition) is 4. The Bertz CT molecular complexity index is 1120. The van der Waals surface area contributed by atoms with Crippen LogP contribution >= 0.6 is 0 Å². The van der Waals surface area contributed by atoms with Gasteiger partial charge in [-0.25, -0.2) is 0 Å². The third-order valence-corrected chi connectivity index (χ3v) is 6.44. The molecule has 0 bridgehead atoms. The van der Waals surface area contributed by atoms with Crippen molar-refractivity contribution in [2.75, 3.05) is 0 Å². The average molecular weight is 404 g/mol. The Morgan fingerprint density at radius 1 is 1.13 bits per heavy atom. The van der Waals surface area contributed by atoms with Crippen molar-refractivity contribution in [1.82, 2.24) is 20.8 Å². The van der Waals surface area contributed by atoms with Gasteiger partial charge in [0.2, 0.25) is 5.91 Å². The van der Waals surface area contributed by atoms with E-state index in [-0.39, 0.29) is 11.8 Å². The lowest BCUT2D eigenvalue weighted by Crippen LogP contribution is -2.58. The molecule has 7 nitrogen and oxygen atoms in total. The third kappa shape index (κ3) is 3.15. The zero-order valence-electron chi connectivity index (χ0n) is 16.5. The van der Waals surface area contributed by atoms with Gasteiger partial charge in [-0.2, -0.15) is 5.10 Å². The molecule has 2 amide bonds. The molecule has 2 atom stereocenters. The molecule has 30 heavy (non-hydrogen) atoms. The summed E-state index contributed by atoms with van der Waals surface area (Å²) in [7, 11) is 0. The van der Waals surface area contributed by atoms with E-state index in [1.54, 1.807) is 18.3 Å². The Balaban J connectivity index is 1.37. The van der Waals surface area contributed by atoms with Crippen LogP contribution in [0.25, 0.3) is 10.9 Å². The molecule has 1 saturated carbocycles. The van der Waals surface area contributed by atoms with Crippen LogP contribution in [0.5, 0.6) is 0 Å². The van der Waals surface area contributed by atoms with E-state index in [2.05, 4.69) is 20.8 Å². The fourth-order valence-corrected chi connectivity index (χ4v) is 4.79. The largest absolute Gasteiger partial charge is 0.390 e. The van der Waals surface area contributed by atoms with Gasteiger partial charge in [0.05, 0.1) is 23.9 Å². The molecule has 7 heteroatoms. The van der Waals surface area contributed by atoms with Gasteiger partial charge in [-0.1, -0.05) is 37.1 Å². The van der Waals surface area contributed by atoms with Crippen LogP contribution in [0.15, 0.2) is 48.7 Å². The molecule has 1 heterocycles. The number of carbonyl (C=O) groups excluding carboxylic acids is 2. The van der Waals surface area contributed by atoms with E-state index in [1.807, 2.05) is 30.3 Å². The highest BCUT2D eigenvalue weighted by Crippen LogP contribution is 2.35. The summed E-state index contributed by atoms with van der Waals surface area (Å²) < 4.78 is 0. The number of H-pyrrole nitrogens is 1. The summed E-state index contributed by atoms with van der Waals surface area (Å²) in [6, 6.07) is 12.6. The predicted molar refractivity (Wildman–Crippen MR) is 112 cm³/mol.